The molecule has 2 heterocycles. The molecule has 0 aromatic carbocycles. The lowest BCUT2D eigenvalue weighted by Gasteiger charge is -2.47. The van der Waals surface area contributed by atoms with E-state index < -0.39 is 0 Å². The van der Waals surface area contributed by atoms with E-state index in [1.807, 2.05) is 0 Å². The summed E-state index contributed by atoms with van der Waals surface area (Å²) in [5.41, 5.74) is 0.0694. The fraction of sp³-hybridized carbons (Fsp3) is 1.00. The SMILES string of the molecule is CCCNC1CCN(C2CCOC(C)(C)C2)C(C)C1. The molecule has 3 nitrogen and oxygen atoms in total. The summed E-state index contributed by atoms with van der Waals surface area (Å²) < 4.78 is 5.86. The Morgan fingerprint density at radius 3 is 2.74 bits per heavy atom. The topological polar surface area (TPSA) is 24.5 Å². The van der Waals surface area contributed by atoms with Crippen LogP contribution >= 0.6 is 0 Å². The molecule has 2 aliphatic heterocycles. The molecule has 2 fully saturated rings. The Labute approximate surface area is 119 Å². The zero-order valence-corrected chi connectivity index (χ0v) is 13.2. The van der Waals surface area contributed by atoms with Crippen molar-refractivity contribution in [1.82, 2.24) is 10.2 Å². The molecule has 3 atom stereocenters. The molecule has 0 aliphatic carbocycles. The Hall–Kier alpha value is -0.120. The summed E-state index contributed by atoms with van der Waals surface area (Å²) in [6.45, 7) is 12.5. The van der Waals surface area contributed by atoms with Gasteiger partial charge in [0, 0.05) is 31.3 Å². The van der Waals surface area contributed by atoms with E-state index in [4.69, 9.17) is 4.74 Å². The van der Waals surface area contributed by atoms with E-state index in [0.717, 1.165) is 18.7 Å². The van der Waals surface area contributed by atoms with Crippen LogP contribution in [0, 0.1) is 0 Å². The summed E-state index contributed by atoms with van der Waals surface area (Å²) in [5, 5.41) is 3.69. The lowest BCUT2D eigenvalue weighted by atomic mass is 9.88. The van der Waals surface area contributed by atoms with E-state index in [1.165, 1.54) is 45.2 Å². The Bertz CT molecular complexity index is 280. The molecule has 2 aliphatic rings. The minimum Gasteiger partial charge on any atom is -0.375 e. The Morgan fingerprint density at radius 1 is 1.32 bits per heavy atom. The van der Waals surface area contributed by atoms with Gasteiger partial charge in [0.15, 0.2) is 0 Å². The lowest BCUT2D eigenvalue weighted by Crippen LogP contribution is -2.54. The van der Waals surface area contributed by atoms with Crippen LogP contribution in [0.2, 0.25) is 0 Å². The Morgan fingerprint density at radius 2 is 2.11 bits per heavy atom. The van der Waals surface area contributed by atoms with Crippen molar-refractivity contribution in [2.75, 3.05) is 19.7 Å². The fourth-order valence-electron chi connectivity index (χ4n) is 3.75. The van der Waals surface area contributed by atoms with Crippen LogP contribution in [-0.4, -0.2) is 48.3 Å². The van der Waals surface area contributed by atoms with Crippen molar-refractivity contribution in [1.29, 1.82) is 0 Å². The van der Waals surface area contributed by atoms with Gasteiger partial charge < -0.3 is 10.1 Å². The molecular weight excluding hydrogens is 236 g/mol. The van der Waals surface area contributed by atoms with Gasteiger partial charge in [-0.1, -0.05) is 6.92 Å². The third kappa shape index (κ3) is 4.17. The van der Waals surface area contributed by atoms with E-state index in [0.29, 0.717) is 6.04 Å². The number of hydrogen-bond acceptors (Lipinski definition) is 3. The molecule has 112 valence electrons. The maximum Gasteiger partial charge on any atom is 0.0641 e. The molecule has 19 heavy (non-hydrogen) atoms. The summed E-state index contributed by atoms with van der Waals surface area (Å²) in [5.74, 6) is 0. The molecule has 0 saturated carbocycles. The van der Waals surface area contributed by atoms with E-state index in [9.17, 15) is 0 Å². The zero-order valence-electron chi connectivity index (χ0n) is 13.2. The van der Waals surface area contributed by atoms with E-state index in [1.54, 1.807) is 0 Å². The molecule has 0 amide bonds. The summed E-state index contributed by atoms with van der Waals surface area (Å²) in [6.07, 6.45) is 6.24. The number of hydrogen-bond donors (Lipinski definition) is 1. The van der Waals surface area contributed by atoms with Crippen LogP contribution in [0.4, 0.5) is 0 Å². The first-order valence-electron chi connectivity index (χ1n) is 8.15. The van der Waals surface area contributed by atoms with Gasteiger partial charge in [0.1, 0.15) is 0 Å². The van der Waals surface area contributed by atoms with Crippen molar-refractivity contribution in [3.05, 3.63) is 0 Å². The molecule has 0 aromatic rings. The molecule has 0 spiro atoms. The van der Waals surface area contributed by atoms with Crippen LogP contribution in [-0.2, 0) is 4.74 Å². The Balaban J connectivity index is 1.85. The van der Waals surface area contributed by atoms with Crippen molar-refractivity contribution >= 4 is 0 Å². The first kappa shape index (κ1) is 15.3. The summed E-state index contributed by atoms with van der Waals surface area (Å²) >= 11 is 0. The van der Waals surface area contributed by atoms with Gasteiger partial charge >= 0.3 is 0 Å². The number of ether oxygens (including phenoxy) is 1. The second-order valence-corrected chi connectivity index (χ2v) is 7.02. The Kier molecular flexibility index (Phi) is 5.27. The first-order chi connectivity index (χ1) is 9.02. The number of likely N-dealkylation sites (tertiary alicyclic amines) is 1. The van der Waals surface area contributed by atoms with Gasteiger partial charge in [0.25, 0.3) is 0 Å². The third-order valence-electron chi connectivity index (χ3n) is 4.75. The van der Waals surface area contributed by atoms with Gasteiger partial charge in [-0.05, 0) is 59.4 Å². The third-order valence-corrected chi connectivity index (χ3v) is 4.75. The number of nitrogens with zero attached hydrogens (tertiary/aromatic N) is 1. The number of rotatable bonds is 4. The highest BCUT2D eigenvalue weighted by Gasteiger charge is 2.36. The molecule has 2 saturated heterocycles. The van der Waals surface area contributed by atoms with Crippen molar-refractivity contribution in [3.8, 4) is 0 Å². The standard InChI is InChI=1S/C16H32N2O/c1-5-8-17-14-6-9-18(13(2)11-14)15-7-10-19-16(3,4)12-15/h13-15,17H,5-12H2,1-4H3. The molecular formula is C16H32N2O. The van der Waals surface area contributed by atoms with Gasteiger partial charge in [0.2, 0.25) is 0 Å². The second kappa shape index (κ2) is 6.55. The quantitative estimate of drug-likeness (QED) is 0.848. The smallest absolute Gasteiger partial charge is 0.0641 e. The molecule has 0 bridgehead atoms. The van der Waals surface area contributed by atoms with Crippen LogP contribution in [0.1, 0.15) is 59.8 Å². The van der Waals surface area contributed by atoms with Gasteiger partial charge in [-0.3, -0.25) is 4.90 Å². The summed E-state index contributed by atoms with van der Waals surface area (Å²) in [7, 11) is 0. The highest BCUT2D eigenvalue weighted by Crippen LogP contribution is 2.31. The van der Waals surface area contributed by atoms with E-state index in [-0.39, 0.29) is 5.60 Å². The number of nitrogens with one attached hydrogen (secondary N) is 1. The van der Waals surface area contributed by atoms with Crippen LogP contribution in [0.5, 0.6) is 0 Å². The largest absolute Gasteiger partial charge is 0.375 e. The molecule has 1 N–H and O–H groups in total. The van der Waals surface area contributed by atoms with E-state index >= 15 is 0 Å². The minimum atomic E-state index is 0.0694. The molecule has 3 unspecified atom stereocenters. The maximum atomic E-state index is 5.86. The van der Waals surface area contributed by atoms with Crippen molar-refractivity contribution in [3.63, 3.8) is 0 Å². The van der Waals surface area contributed by atoms with Crippen LogP contribution < -0.4 is 5.32 Å². The van der Waals surface area contributed by atoms with Crippen molar-refractivity contribution < 1.29 is 4.74 Å². The molecule has 2 rings (SSSR count). The monoisotopic (exact) mass is 268 g/mol. The average molecular weight is 268 g/mol. The zero-order chi connectivity index (χ0) is 13.9. The lowest BCUT2D eigenvalue weighted by molar-refractivity contribution is -0.0927. The normalized spacial score (nSPS) is 36.3. The second-order valence-electron chi connectivity index (χ2n) is 7.02. The predicted octanol–water partition coefficient (Wildman–Crippen LogP) is 2.80. The van der Waals surface area contributed by atoms with Crippen molar-refractivity contribution in [2.45, 2.75) is 83.5 Å². The summed E-state index contributed by atoms with van der Waals surface area (Å²) in [4.78, 5) is 2.74. The number of piperidine rings is 1. The van der Waals surface area contributed by atoms with Gasteiger partial charge in [-0.2, -0.15) is 0 Å². The molecule has 0 aromatic heterocycles. The van der Waals surface area contributed by atoms with Gasteiger partial charge in [-0.15, -0.1) is 0 Å². The van der Waals surface area contributed by atoms with Gasteiger partial charge in [0.05, 0.1) is 5.60 Å². The molecule has 3 heteroatoms. The van der Waals surface area contributed by atoms with Crippen LogP contribution in [0.3, 0.4) is 0 Å². The fourth-order valence-corrected chi connectivity index (χ4v) is 3.75. The van der Waals surface area contributed by atoms with Gasteiger partial charge in [-0.25, -0.2) is 0 Å². The predicted molar refractivity (Wildman–Crippen MR) is 80.5 cm³/mol. The highest BCUT2D eigenvalue weighted by molar-refractivity contribution is 4.91. The first-order valence-corrected chi connectivity index (χ1v) is 8.15. The molecule has 0 radical (unpaired) electrons. The maximum absolute atomic E-state index is 5.86. The van der Waals surface area contributed by atoms with E-state index in [2.05, 4.69) is 37.9 Å². The highest BCUT2D eigenvalue weighted by atomic mass is 16.5. The summed E-state index contributed by atoms with van der Waals surface area (Å²) in [6, 6.07) is 2.17. The van der Waals surface area contributed by atoms with Crippen molar-refractivity contribution in [2.24, 2.45) is 0 Å². The minimum absolute atomic E-state index is 0.0694. The van der Waals surface area contributed by atoms with Crippen LogP contribution in [0.15, 0.2) is 0 Å². The average Bonchev–Trinajstić information content (AvgIpc) is 2.35. The van der Waals surface area contributed by atoms with Crippen LogP contribution in [0.25, 0.3) is 0 Å².